The van der Waals surface area contributed by atoms with Crippen LogP contribution in [0.3, 0.4) is 0 Å². The quantitative estimate of drug-likeness (QED) is 0.947. The van der Waals surface area contributed by atoms with Gasteiger partial charge in [-0.2, -0.15) is 0 Å². The van der Waals surface area contributed by atoms with E-state index >= 15 is 0 Å². The van der Waals surface area contributed by atoms with Crippen LogP contribution >= 0.6 is 15.9 Å². The van der Waals surface area contributed by atoms with Crippen molar-refractivity contribution in [2.75, 3.05) is 6.54 Å². The largest absolute Gasteiger partial charge is 0.330 e. The van der Waals surface area contributed by atoms with Crippen molar-refractivity contribution in [1.29, 1.82) is 0 Å². The van der Waals surface area contributed by atoms with Gasteiger partial charge in [0.15, 0.2) is 5.82 Å². The lowest BCUT2D eigenvalue weighted by Gasteiger charge is -2.05. The highest BCUT2D eigenvalue weighted by Gasteiger charge is 2.07. The maximum Gasteiger partial charge on any atom is 0.160 e. The molecule has 2 rings (SSSR count). The zero-order valence-electron chi connectivity index (χ0n) is 9.03. The average Bonchev–Trinajstić information content (AvgIpc) is 2.29. The number of rotatable bonds is 3. The summed E-state index contributed by atoms with van der Waals surface area (Å²) < 4.78 is 13.6. The van der Waals surface area contributed by atoms with Gasteiger partial charge in [0.05, 0.1) is 0 Å². The highest BCUT2D eigenvalue weighted by atomic mass is 79.9. The molecular formula is C12H11BrFN3. The summed E-state index contributed by atoms with van der Waals surface area (Å²) in [5.74, 6) is 0.279. The number of hydrogen-bond donors (Lipinski definition) is 1. The van der Waals surface area contributed by atoms with Gasteiger partial charge in [0.1, 0.15) is 5.82 Å². The first-order chi connectivity index (χ1) is 8.20. The molecule has 3 nitrogen and oxygen atoms in total. The molecule has 0 fully saturated rings. The Morgan fingerprint density at radius 2 is 2.12 bits per heavy atom. The van der Waals surface area contributed by atoms with E-state index in [4.69, 9.17) is 5.73 Å². The maximum absolute atomic E-state index is 13.0. The van der Waals surface area contributed by atoms with Crippen molar-refractivity contribution < 1.29 is 4.39 Å². The minimum absolute atomic E-state index is 0.293. The standard InChI is InChI=1S/C12H11BrFN3/c13-11-7-8(14)1-2-10(11)12-16-6-4-9(17-12)3-5-15/h1-2,4,6-7H,3,5,15H2. The van der Waals surface area contributed by atoms with E-state index in [1.807, 2.05) is 6.07 Å². The lowest BCUT2D eigenvalue weighted by molar-refractivity contribution is 0.627. The molecule has 88 valence electrons. The maximum atomic E-state index is 13.0. The lowest BCUT2D eigenvalue weighted by atomic mass is 10.2. The number of hydrogen-bond acceptors (Lipinski definition) is 3. The number of nitrogens with zero attached hydrogens (tertiary/aromatic N) is 2. The van der Waals surface area contributed by atoms with E-state index in [0.717, 1.165) is 11.3 Å². The normalized spacial score (nSPS) is 10.5. The van der Waals surface area contributed by atoms with Crippen LogP contribution in [0.4, 0.5) is 4.39 Å². The summed E-state index contributed by atoms with van der Waals surface area (Å²) in [5, 5.41) is 0. The van der Waals surface area contributed by atoms with Gasteiger partial charge < -0.3 is 5.73 Å². The molecule has 0 aliphatic rings. The predicted octanol–water partition coefficient (Wildman–Crippen LogP) is 2.55. The number of halogens is 2. The fourth-order valence-corrected chi connectivity index (χ4v) is 2.01. The van der Waals surface area contributed by atoms with E-state index in [1.165, 1.54) is 12.1 Å². The van der Waals surface area contributed by atoms with Crippen LogP contribution in [0.25, 0.3) is 11.4 Å². The van der Waals surface area contributed by atoms with Gasteiger partial charge in [0, 0.05) is 28.3 Å². The van der Waals surface area contributed by atoms with Gasteiger partial charge in [0.2, 0.25) is 0 Å². The van der Waals surface area contributed by atoms with Gasteiger partial charge in [-0.05, 0) is 46.7 Å². The third kappa shape index (κ3) is 2.87. The second-order valence-electron chi connectivity index (χ2n) is 3.53. The number of nitrogens with two attached hydrogens (primary N) is 1. The molecule has 0 aliphatic heterocycles. The van der Waals surface area contributed by atoms with Crippen LogP contribution in [0.5, 0.6) is 0 Å². The second kappa shape index (κ2) is 5.33. The Morgan fingerprint density at radius 1 is 1.29 bits per heavy atom. The average molecular weight is 296 g/mol. The van der Waals surface area contributed by atoms with E-state index in [9.17, 15) is 4.39 Å². The summed E-state index contributed by atoms with van der Waals surface area (Å²) in [5.41, 5.74) is 7.13. The molecule has 1 aromatic heterocycles. The van der Waals surface area contributed by atoms with Crippen LogP contribution in [0.1, 0.15) is 5.69 Å². The molecule has 2 aromatic rings. The van der Waals surface area contributed by atoms with Crippen molar-refractivity contribution in [3.05, 3.63) is 46.4 Å². The van der Waals surface area contributed by atoms with Crippen LogP contribution in [0.15, 0.2) is 34.9 Å². The molecule has 17 heavy (non-hydrogen) atoms. The number of aromatic nitrogens is 2. The van der Waals surface area contributed by atoms with Crippen molar-refractivity contribution in [2.24, 2.45) is 5.73 Å². The zero-order chi connectivity index (χ0) is 12.3. The van der Waals surface area contributed by atoms with E-state index in [0.29, 0.717) is 23.3 Å². The molecule has 0 unspecified atom stereocenters. The van der Waals surface area contributed by atoms with Crippen molar-refractivity contribution in [1.82, 2.24) is 9.97 Å². The molecule has 5 heteroatoms. The molecule has 0 radical (unpaired) electrons. The molecule has 0 saturated carbocycles. The minimum Gasteiger partial charge on any atom is -0.330 e. The Labute approximate surface area is 107 Å². The minimum atomic E-state index is -0.293. The lowest BCUT2D eigenvalue weighted by Crippen LogP contribution is -2.05. The third-order valence-electron chi connectivity index (χ3n) is 2.29. The Morgan fingerprint density at radius 3 is 2.82 bits per heavy atom. The first kappa shape index (κ1) is 12.1. The smallest absolute Gasteiger partial charge is 0.160 e. The summed E-state index contributed by atoms with van der Waals surface area (Å²) in [6.45, 7) is 0.543. The summed E-state index contributed by atoms with van der Waals surface area (Å²) in [7, 11) is 0. The van der Waals surface area contributed by atoms with E-state index in [1.54, 1.807) is 12.3 Å². The molecule has 2 N–H and O–H groups in total. The van der Waals surface area contributed by atoms with Gasteiger partial charge >= 0.3 is 0 Å². The van der Waals surface area contributed by atoms with E-state index < -0.39 is 0 Å². The van der Waals surface area contributed by atoms with Crippen LogP contribution in [0.2, 0.25) is 0 Å². The number of benzene rings is 1. The summed E-state index contributed by atoms with van der Waals surface area (Å²) in [6.07, 6.45) is 2.39. The Bertz CT molecular complexity index is 531. The first-order valence-corrected chi connectivity index (χ1v) is 5.97. The van der Waals surface area contributed by atoms with Crippen molar-refractivity contribution >= 4 is 15.9 Å². The Kier molecular flexibility index (Phi) is 3.81. The predicted molar refractivity (Wildman–Crippen MR) is 67.9 cm³/mol. The van der Waals surface area contributed by atoms with Crippen LogP contribution in [-0.2, 0) is 6.42 Å². The zero-order valence-corrected chi connectivity index (χ0v) is 10.6. The second-order valence-corrected chi connectivity index (χ2v) is 4.39. The molecule has 0 atom stereocenters. The topological polar surface area (TPSA) is 51.8 Å². The van der Waals surface area contributed by atoms with Crippen LogP contribution in [-0.4, -0.2) is 16.5 Å². The summed E-state index contributed by atoms with van der Waals surface area (Å²) in [4.78, 5) is 8.56. The molecule has 0 amide bonds. The van der Waals surface area contributed by atoms with Gasteiger partial charge in [-0.1, -0.05) is 0 Å². The third-order valence-corrected chi connectivity index (χ3v) is 2.94. The molecule has 0 saturated heterocycles. The monoisotopic (exact) mass is 295 g/mol. The van der Waals surface area contributed by atoms with Gasteiger partial charge in [0.25, 0.3) is 0 Å². The highest BCUT2D eigenvalue weighted by molar-refractivity contribution is 9.10. The van der Waals surface area contributed by atoms with E-state index in [2.05, 4.69) is 25.9 Å². The molecule has 0 bridgehead atoms. The first-order valence-electron chi connectivity index (χ1n) is 5.18. The Balaban J connectivity index is 2.42. The Hall–Kier alpha value is -1.33. The van der Waals surface area contributed by atoms with E-state index in [-0.39, 0.29) is 5.82 Å². The summed E-state index contributed by atoms with van der Waals surface area (Å²) >= 11 is 3.30. The van der Waals surface area contributed by atoms with Crippen molar-refractivity contribution in [2.45, 2.75) is 6.42 Å². The van der Waals surface area contributed by atoms with Crippen molar-refractivity contribution in [3.8, 4) is 11.4 Å². The molecule has 1 heterocycles. The summed E-state index contributed by atoms with van der Waals surface area (Å²) in [6, 6.07) is 6.27. The SMILES string of the molecule is NCCc1ccnc(-c2ccc(F)cc2Br)n1. The molecule has 0 aliphatic carbocycles. The fourth-order valence-electron chi connectivity index (χ4n) is 1.48. The molecule has 1 aromatic carbocycles. The van der Waals surface area contributed by atoms with Crippen molar-refractivity contribution in [3.63, 3.8) is 0 Å². The van der Waals surface area contributed by atoms with Crippen LogP contribution in [0, 0.1) is 5.82 Å². The molecular weight excluding hydrogens is 285 g/mol. The van der Waals surface area contributed by atoms with Crippen LogP contribution < -0.4 is 5.73 Å². The molecule has 0 spiro atoms. The van der Waals surface area contributed by atoms with Gasteiger partial charge in [-0.25, -0.2) is 14.4 Å². The fraction of sp³-hybridized carbons (Fsp3) is 0.167. The van der Waals surface area contributed by atoms with Gasteiger partial charge in [-0.15, -0.1) is 0 Å². The highest BCUT2D eigenvalue weighted by Crippen LogP contribution is 2.26. The van der Waals surface area contributed by atoms with Gasteiger partial charge in [-0.3, -0.25) is 0 Å².